The zero-order valence-electron chi connectivity index (χ0n) is 11.7. The van der Waals surface area contributed by atoms with Crippen LogP contribution in [0.1, 0.15) is 40.7 Å². The first-order chi connectivity index (χ1) is 8.41. The average Bonchev–Trinajstić information content (AvgIpc) is 3.06. The molecule has 0 heterocycles. The topological polar surface area (TPSA) is 37.3 Å². The predicted molar refractivity (Wildman–Crippen MR) is 72.9 cm³/mol. The number of rotatable bonds is 4. The van der Waals surface area contributed by atoms with Gasteiger partial charge in [0.05, 0.1) is 5.92 Å². The van der Waals surface area contributed by atoms with Crippen molar-refractivity contribution in [2.24, 2.45) is 11.8 Å². The van der Waals surface area contributed by atoms with Crippen LogP contribution in [0, 0.1) is 39.5 Å². The van der Waals surface area contributed by atoms with Crippen molar-refractivity contribution in [2.45, 2.75) is 47.0 Å². The molecule has 2 atom stereocenters. The van der Waals surface area contributed by atoms with E-state index in [-0.39, 0.29) is 5.92 Å². The molecule has 1 aromatic carbocycles. The van der Waals surface area contributed by atoms with E-state index in [1.165, 1.54) is 27.8 Å². The van der Waals surface area contributed by atoms with E-state index in [9.17, 15) is 4.79 Å². The Hall–Kier alpha value is -1.31. The van der Waals surface area contributed by atoms with Crippen molar-refractivity contribution in [3.63, 3.8) is 0 Å². The van der Waals surface area contributed by atoms with Crippen LogP contribution < -0.4 is 0 Å². The maximum absolute atomic E-state index is 10.8. The van der Waals surface area contributed by atoms with E-state index >= 15 is 0 Å². The van der Waals surface area contributed by atoms with E-state index in [4.69, 9.17) is 5.11 Å². The molecule has 1 aliphatic carbocycles. The minimum absolute atomic E-state index is 0.0727. The minimum Gasteiger partial charge on any atom is -0.481 e. The summed E-state index contributed by atoms with van der Waals surface area (Å²) in [5.41, 5.74) is 6.89. The Balaban J connectivity index is 2.08. The van der Waals surface area contributed by atoms with Crippen LogP contribution in [0.4, 0.5) is 0 Å². The lowest BCUT2D eigenvalue weighted by Crippen LogP contribution is -2.03. The molecule has 0 saturated heterocycles. The molecule has 2 rings (SSSR count). The lowest BCUT2D eigenvalue weighted by molar-refractivity contribution is -0.138. The van der Waals surface area contributed by atoms with Gasteiger partial charge in [-0.25, -0.2) is 0 Å². The van der Waals surface area contributed by atoms with Crippen LogP contribution in [0.2, 0.25) is 0 Å². The number of carboxylic acids is 1. The second kappa shape index (κ2) is 4.75. The summed E-state index contributed by atoms with van der Waals surface area (Å²) in [6, 6.07) is 2.24. The highest BCUT2D eigenvalue weighted by Gasteiger charge is 2.42. The van der Waals surface area contributed by atoms with Crippen molar-refractivity contribution in [3.05, 3.63) is 33.9 Å². The Labute approximate surface area is 109 Å². The molecule has 1 aromatic rings. The molecule has 0 amide bonds. The Morgan fingerprint density at radius 1 is 1.22 bits per heavy atom. The maximum atomic E-state index is 10.8. The van der Waals surface area contributed by atoms with Crippen molar-refractivity contribution in [2.75, 3.05) is 0 Å². The Morgan fingerprint density at radius 2 is 1.78 bits per heavy atom. The molecule has 0 radical (unpaired) electrons. The van der Waals surface area contributed by atoms with E-state index < -0.39 is 5.97 Å². The van der Waals surface area contributed by atoms with Gasteiger partial charge in [0.2, 0.25) is 0 Å². The zero-order chi connectivity index (χ0) is 13.4. The third kappa shape index (κ3) is 2.43. The highest BCUT2D eigenvalue weighted by atomic mass is 16.4. The molecule has 1 fully saturated rings. The van der Waals surface area contributed by atoms with E-state index in [0.29, 0.717) is 5.92 Å². The van der Waals surface area contributed by atoms with Gasteiger partial charge >= 0.3 is 5.97 Å². The molecular weight excluding hydrogens is 224 g/mol. The van der Waals surface area contributed by atoms with Gasteiger partial charge in [-0.15, -0.1) is 0 Å². The molecular formula is C16H22O2. The number of hydrogen-bond donors (Lipinski definition) is 1. The smallest absolute Gasteiger partial charge is 0.306 e. The fourth-order valence-corrected chi connectivity index (χ4v) is 2.87. The van der Waals surface area contributed by atoms with Crippen molar-refractivity contribution < 1.29 is 9.90 Å². The van der Waals surface area contributed by atoms with E-state index in [1.807, 2.05) is 0 Å². The normalized spacial score (nSPS) is 22.0. The molecule has 98 valence electrons. The van der Waals surface area contributed by atoms with Gasteiger partial charge in [-0.2, -0.15) is 0 Å². The lowest BCUT2D eigenvalue weighted by atomic mass is 9.91. The van der Waals surface area contributed by atoms with E-state index in [2.05, 4.69) is 33.8 Å². The first-order valence-electron chi connectivity index (χ1n) is 6.71. The first kappa shape index (κ1) is 13.1. The van der Waals surface area contributed by atoms with E-state index in [1.54, 1.807) is 0 Å². The van der Waals surface area contributed by atoms with Crippen LogP contribution in [0.25, 0.3) is 0 Å². The zero-order valence-corrected chi connectivity index (χ0v) is 11.7. The lowest BCUT2D eigenvalue weighted by Gasteiger charge is -2.15. The Morgan fingerprint density at radius 3 is 2.22 bits per heavy atom. The SMILES string of the molecule is Cc1cc(C)c(C)c(CCC2CC2C(=O)O)c1C. The van der Waals surface area contributed by atoms with Gasteiger partial charge in [0, 0.05) is 0 Å². The van der Waals surface area contributed by atoms with Crippen LogP contribution in [0.5, 0.6) is 0 Å². The van der Waals surface area contributed by atoms with Crippen LogP contribution in [-0.2, 0) is 11.2 Å². The fraction of sp³-hybridized carbons (Fsp3) is 0.562. The van der Waals surface area contributed by atoms with Gasteiger partial charge in [0.15, 0.2) is 0 Å². The van der Waals surface area contributed by atoms with Gasteiger partial charge in [-0.3, -0.25) is 4.79 Å². The molecule has 18 heavy (non-hydrogen) atoms. The van der Waals surface area contributed by atoms with Gasteiger partial charge in [0.25, 0.3) is 0 Å². The standard InChI is InChI=1S/C16H22O2/c1-9-7-10(2)12(4)14(11(9)3)6-5-13-8-15(13)16(17)18/h7,13,15H,5-6,8H2,1-4H3,(H,17,18). The number of carboxylic acid groups (broad SMARTS) is 1. The third-order valence-electron chi connectivity index (χ3n) is 4.53. The molecule has 2 unspecified atom stereocenters. The second-order valence-corrected chi connectivity index (χ2v) is 5.72. The quantitative estimate of drug-likeness (QED) is 0.881. The molecule has 0 aromatic heterocycles. The van der Waals surface area contributed by atoms with Crippen molar-refractivity contribution in [3.8, 4) is 0 Å². The molecule has 0 spiro atoms. The third-order valence-corrected chi connectivity index (χ3v) is 4.53. The van der Waals surface area contributed by atoms with Gasteiger partial charge < -0.3 is 5.11 Å². The summed E-state index contributed by atoms with van der Waals surface area (Å²) < 4.78 is 0. The van der Waals surface area contributed by atoms with Gasteiger partial charge in [-0.1, -0.05) is 6.07 Å². The molecule has 1 aliphatic rings. The summed E-state index contributed by atoms with van der Waals surface area (Å²) in [4.78, 5) is 10.8. The summed E-state index contributed by atoms with van der Waals surface area (Å²) in [7, 11) is 0. The largest absolute Gasteiger partial charge is 0.481 e. The fourth-order valence-electron chi connectivity index (χ4n) is 2.87. The van der Waals surface area contributed by atoms with Gasteiger partial charge in [-0.05, 0) is 80.7 Å². The molecule has 0 aliphatic heterocycles. The molecule has 2 heteroatoms. The highest BCUT2D eigenvalue weighted by Crippen LogP contribution is 2.42. The molecule has 1 N–H and O–H groups in total. The molecule has 0 bridgehead atoms. The van der Waals surface area contributed by atoms with Crippen LogP contribution >= 0.6 is 0 Å². The summed E-state index contributed by atoms with van der Waals surface area (Å²) in [5, 5.41) is 8.92. The van der Waals surface area contributed by atoms with Crippen molar-refractivity contribution in [1.29, 1.82) is 0 Å². The first-order valence-corrected chi connectivity index (χ1v) is 6.71. The number of hydrogen-bond acceptors (Lipinski definition) is 1. The molecule has 1 saturated carbocycles. The number of aliphatic carboxylic acids is 1. The Kier molecular flexibility index (Phi) is 3.47. The average molecular weight is 246 g/mol. The highest BCUT2D eigenvalue weighted by molar-refractivity contribution is 5.73. The van der Waals surface area contributed by atoms with E-state index in [0.717, 1.165) is 19.3 Å². The molecule has 2 nitrogen and oxygen atoms in total. The summed E-state index contributed by atoms with van der Waals surface area (Å²) in [6.07, 6.45) is 2.91. The number of benzene rings is 1. The second-order valence-electron chi connectivity index (χ2n) is 5.72. The van der Waals surface area contributed by atoms with Crippen LogP contribution in [0.15, 0.2) is 6.07 Å². The summed E-state index contributed by atoms with van der Waals surface area (Å²) in [5.74, 6) is -0.285. The Bertz CT molecular complexity index is 462. The maximum Gasteiger partial charge on any atom is 0.306 e. The monoisotopic (exact) mass is 246 g/mol. The van der Waals surface area contributed by atoms with Crippen LogP contribution in [0.3, 0.4) is 0 Å². The predicted octanol–water partition coefficient (Wildman–Crippen LogP) is 3.57. The number of aryl methyl sites for hydroxylation is 2. The summed E-state index contributed by atoms with van der Waals surface area (Å²) in [6.45, 7) is 8.67. The van der Waals surface area contributed by atoms with Crippen molar-refractivity contribution >= 4 is 5.97 Å². The number of carbonyl (C=O) groups is 1. The summed E-state index contributed by atoms with van der Waals surface area (Å²) >= 11 is 0. The van der Waals surface area contributed by atoms with Crippen LogP contribution in [-0.4, -0.2) is 11.1 Å². The minimum atomic E-state index is -0.617. The van der Waals surface area contributed by atoms with Crippen molar-refractivity contribution in [1.82, 2.24) is 0 Å². The van der Waals surface area contributed by atoms with Gasteiger partial charge in [0.1, 0.15) is 0 Å².